The van der Waals surface area contributed by atoms with Crippen LogP contribution in [-0.4, -0.2) is 46.1 Å². The molecule has 184 valence electrons. The summed E-state index contributed by atoms with van der Waals surface area (Å²) in [6.07, 6.45) is 10.4. The number of nitrogens with zero attached hydrogens (tertiary/aromatic N) is 5. The Morgan fingerprint density at radius 2 is 1.81 bits per heavy atom. The molecule has 1 atom stereocenters. The number of piperidine rings is 1. The van der Waals surface area contributed by atoms with Crippen LogP contribution >= 0.6 is 0 Å². The second kappa shape index (κ2) is 9.82. The Hall–Kier alpha value is -3.58. The van der Waals surface area contributed by atoms with Gasteiger partial charge in [-0.25, -0.2) is 15.0 Å². The van der Waals surface area contributed by atoms with Gasteiger partial charge < -0.3 is 15.5 Å². The summed E-state index contributed by atoms with van der Waals surface area (Å²) in [5, 5.41) is 8.18. The van der Waals surface area contributed by atoms with Crippen LogP contribution in [0.2, 0.25) is 0 Å². The molecule has 7 heteroatoms. The molecule has 0 bridgehead atoms. The van der Waals surface area contributed by atoms with E-state index in [1.165, 1.54) is 29.4 Å². The fraction of sp³-hybridized carbons (Fsp3) is 0.379. The summed E-state index contributed by atoms with van der Waals surface area (Å²) in [4.78, 5) is 21.8. The predicted octanol–water partition coefficient (Wildman–Crippen LogP) is 5.33. The second-order valence-electron chi connectivity index (χ2n) is 10.1. The van der Waals surface area contributed by atoms with Crippen molar-refractivity contribution in [3.8, 4) is 11.4 Å². The Bertz CT molecular complexity index is 1350. The summed E-state index contributed by atoms with van der Waals surface area (Å²) in [6.45, 7) is 4.23. The lowest BCUT2D eigenvalue weighted by molar-refractivity contribution is 0.442. The van der Waals surface area contributed by atoms with Crippen molar-refractivity contribution >= 4 is 22.5 Å². The van der Waals surface area contributed by atoms with Gasteiger partial charge in [0.1, 0.15) is 11.6 Å². The molecule has 7 nitrogen and oxygen atoms in total. The van der Waals surface area contributed by atoms with E-state index in [0.717, 1.165) is 48.6 Å². The Morgan fingerprint density at radius 3 is 2.58 bits per heavy atom. The van der Waals surface area contributed by atoms with Crippen LogP contribution in [0.1, 0.15) is 55.7 Å². The quantitative estimate of drug-likeness (QED) is 0.371. The van der Waals surface area contributed by atoms with Crippen LogP contribution in [0.5, 0.6) is 0 Å². The molecule has 6 rings (SSSR count). The van der Waals surface area contributed by atoms with Gasteiger partial charge in [-0.05, 0) is 74.9 Å². The first-order chi connectivity index (χ1) is 17.7. The Labute approximate surface area is 212 Å². The molecule has 1 saturated carbocycles. The second-order valence-corrected chi connectivity index (χ2v) is 10.1. The van der Waals surface area contributed by atoms with Crippen LogP contribution < -0.4 is 15.5 Å². The number of anilines is 2. The van der Waals surface area contributed by atoms with E-state index in [1.54, 1.807) is 0 Å². The number of benzene rings is 1. The average molecular weight is 480 g/mol. The molecule has 1 aliphatic carbocycles. The highest BCUT2D eigenvalue weighted by atomic mass is 15.2. The molecule has 3 aromatic heterocycles. The molecular formula is C29H33N7. The van der Waals surface area contributed by atoms with Crippen molar-refractivity contribution in [3.05, 3.63) is 72.2 Å². The van der Waals surface area contributed by atoms with E-state index in [0.29, 0.717) is 17.8 Å². The van der Waals surface area contributed by atoms with Crippen LogP contribution in [0.3, 0.4) is 0 Å². The Morgan fingerprint density at radius 1 is 1.00 bits per heavy atom. The van der Waals surface area contributed by atoms with Crippen molar-refractivity contribution in [2.45, 2.75) is 50.6 Å². The maximum absolute atomic E-state index is 5.21. The highest BCUT2D eigenvalue weighted by Gasteiger charge is 2.30. The zero-order valence-electron chi connectivity index (χ0n) is 21.0. The fourth-order valence-corrected chi connectivity index (χ4v) is 5.24. The van der Waals surface area contributed by atoms with Gasteiger partial charge in [-0.1, -0.05) is 30.3 Å². The summed E-state index contributed by atoms with van der Waals surface area (Å²) in [5.74, 6) is 3.12. The maximum Gasteiger partial charge on any atom is 0.162 e. The summed E-state index contributed by atoms with van der Waals surface area (Å²) in [5.41, 5.74) is 4.38. The number of fused-ring (bicyclic) bond motifs is 1. The monoisotopic (exact) mass is 479 g/mol. The lowest BCUT2D eigenvalue weighted by atomic mass is 10.0. The zero-order chi connectivity index (χ0) is 24.5. The van der Waals surface area contributed by atoms with Gasteiger partial charge in [0.15, 0.2) is 5.82 Å². The molecule has 36 heavy (non-hydrogen) atoms. The molecule has 1 unspecified atom stereocenters. The standard InChI is InChI=1S/C29H33N7/c1-19(20-6-4-3-5-7-20)33-26-16-22(10-15-32-26)28-34-25-18-31-17-24(21-8-9-21)27(25)29(35-28)36(2)23-11-13-30-14-12-23/h3-7,10,15-19,21,23,30H,8-9,11-14H2,1-2H3,(H,32,33). The summed E-state index contributed by atoms with van der Waals surface area (Å²) in [6, 6.07) is 15.0. The molecule has 2 fully saturated rings. The maximum atomic E-state index is 5.21. The average Bonchev–Trinajstić information content (AvgIpc) is 3.78. The molecule has 2 aliphatic rings. The largest absolute Gasteiger partial charge is 0.364 e. The molecule has 2 N–H and O–H groups in total. The molecular weight excluding hydrogens is 446 g/mol. The lowest BCUT2D eigenvalue weighted by Gasteiger charge is -2.33. The van der Waals surface area contributed by atoms with Gasteiger partial charge in [0.05, 0.1) is 11.7 Å². The number of aromatic nitrogens is 4. The third-order valence-electron chi connectivity index (χ3n) is 7.51. The smallest absolute Gasteiger partial charge is 0.162 e. The number of hydrogen-bond acceptors (Lipinski definition) is 7. The van der Waals surface area contributed by atoms with Crippen LogP contribution in [0.4, 0.5) is 11.6 Å². The molecule has 1 aliphatic heterocycles. The molecule has 0 radical (unpaired) electrons. The van der Waals surface area contributed by atoms with Crippen LogP contribution in [0.25, 0.3) is 22.3 Å². The minimum absolute atomic E-state index is 0.137. The van der Waals surface area contributed by atoms with E-state index in [9.17, 15) is 0 Å². The molecule has 0 spiro atoms. The van der Waals surface area contributed by atoms with Crippen LogP contribution in [0.15, 0.2) is 61.1 Å². The fourth-order valence-electron chi connectivity index (χ4n) is 5.24. The number of nitrogens with one attached hydrogen (secondary N) is 2. The third-order valence-corrected chi connectivity index (χ3v) is 7.51. The van der Waals surface area contributed by atoms with Gasteiger partial charge >= 0.3 is 0 Å². The van der Waals surface area contributed by atoms with Crippen LogP contribution in [0, 0.1) is 0 Å². The minimum Gasteiger partial charge on any atom is -0.364 e. The predicted molar refractivity (Wildman–Crippen MR) is 145 cm³/mol. The lowest BCUT2D eigenvalue weighted by Crippen LogP contribution is -2.41. The van der Waals surface area contributed by atoms with Crippen molar-refractivity contribution in [3.63, 3.8) is 0 Å². The SMILES string of the molecule is CC(Nc1cc(-c2nc(N(C)C3CCNCC3)c3c(C4CC4)cncc3n2)ccn1)c1ccccc1. The zero-order valence-corrected chi connectivity index (χ0v) is 21.0. The van der Waals surface area contributed by atoms with Gasteiger partial charge in [0, 0.05) is 42.5 Å². The van der Waals surface area contributed by atoms with Gasteiger partial charge in [0.2, 0.25) is 0 Å². The van der Waals surface area contributed by atoms with Crippen molar-refractivity contribution in [1.29, 1.82) is 0 Å². The van der Waals surface area contributed by atoms with Gasteiger partial charge in [-0.2, -0.15) is 0 Å². The van der Waals surface area contributed by atoms with E-state index in [2.05, 4.69) is 63.7 Å². The summed E-state index contributed by atoms with van der Waals surface area (Å²) < 4.78 is 0. The van der Waals surface area contributed by atoms with E-state index in [1.807, 2.05) is 36.8 Å². The van der Waals surface area contributed by atoms with E-state index >= 15 is 0 Å². The van der Waals surface area contributed by atoms with Crippen LogP contribution in [-0.2, 0) is 0 Å². The molecule has 1 saturated heterocycles. The number of hydrogen-bond donors (Lipinski definition) is 2. The molecule has 1 aromatic carbocycles. The number of rotatable bonds is 7. The van der Waals surface area contributed by atoms with Crippen molar-refractivity contribution in [2.24, 2.45) is 0 Å². The molecule has 4 heterocycles. The first-order valence-corrected chi connectivity index (χ1v) is 13.0. The summed E-state index contributed by atoms with van der Waals surface area (Å²) in [7, 11) is 2.19. The van der Waals surface area contributed by atoms with E-state index < -0.39 is 0 Å². The van der Waals surface area contributed by atoms with Gasteiger partial charge in [-0.15, -0.1) is 0 Å². The highest BCUT2D eigenvalue weighted by Crippen LogP contribution is 2.45. The Kier molecular flexibility index (Phi) is 6.23. The number of pyridine rings is 2. The normalized spacial score (nSPS) is 17.2. The van der Waals surface area contributed by atoms with Crippen molar-refractivity contribution in [2.75, 3.05) is 30.4 Å². The van der Waals surface area contributed by atoms with E-state index in [4.69, 9.17) is 9.97 Å². The van der Waals surface area contributed by atoms with E-state index in [-0.39, 0.29) is 6.04 Å². The molecule has 0 amide bonds. The van der Waals surface area contributed by atoms with Crippen molar-refractivity contribution < 1.29 is 0 Å². The Balaban J connectivity index is 1.39. The summed E-state index contributed by atoms with van der Waals surface area (Å²) >= 11 is 0. The topological polar surface area (TPSA) is 78.9 Å². The highest BCUT2D eigenvalue weighted by molar-refractivity contribution is 5.94. The third kappa shape index (κ3) is 4.63. The minimum atomic E-state index is 0.137. The first kappa shape index (κ1) is 22.9. The van der Waals surface area contributed by atoms with Gasteiger partial charge in [0.25, 0.3) is 0 Å². The first-order valence-electron chi connectivity index (χ1n) is 13.0. The van der Waals surface area contributed by atoms with Crippen molar-refractivity contribution in [1.82, 2.24) is 25.3 Å². The molecule has 4 aromatic rings. The van der Waals surface area contributed by atoms with Gasteiger partial charge in [-0.3, -0.25) is 4.98 Å².